The second-order valence-electron chi connectivity index (χ2n) is 4.85. The quantitative estimate of drug-likeness (QED) is 0.623. The smallest absolute Gasteiger partial charge is 0.299 e. The molecule has 0 aliphatic rings. The zero-order valence-corrected chi connectivity index (χ0v) is 11.8. The van der Waals surface area contributed by atoms with Gasteiger partial charge in [0.25, 0.3) is 6.43 Å². The molecule has 7 nitrogen and oxygen atoms in total. The summed E-state index contributed by atoms with van der Waals surface area (Å²) in [4.78, 5) is 0. The highest BCUT2D eigenvalue weighted by atomic mass is 19.3. The number of nitrogens with zero attached hydrogens (tertiary/aromatic N) is 4. The first-order valence-electron chi connectivity index (χ1n) is 6.80. The van der Waals surface area contributed by atoms with Crippen molar-refractivity contribution in [2.45, 2.75) is 12.8 Å². The Bertz CT molecular complexity index is 837. The molecule has 0 saturated carbocycles. The second kappa shape index (κ2) is 6.03. The number of hydrogen-bond acceptors (Lipinski definition) is 6. The van der Waals surface area contributed by atoms with Gasteiger partial charge < -0.3 is 15.5 Å². The number of rotatable bonds is 5. The Morgan fingerprint density at radius 1 is 1.09 bits per heavy atom. The van der Waals surface area contributed by atoms with Gasteiger partial charge in [-0.1, -0.05) is 6.07 Å². The fraction of sp³-hybridized carbons (Fsp3) is 0.214. The molecule has 2 aromatic heterocycles. The summed E-state index contributed by atoms with van der Waals surface area (Å²) in [7, 11) is 0. The molecule has 0 aliphatic carbocycles. The van der Waals surface area contributed by atoms with Gasteiger partial charge in [0.2, 0.25) is 5.82 Å². The summed E-state index contributed by atoms with van der Waals surface area (Å²) in [6.07, 6.45) is -2.20. The molecule has 0 aliphatic heterocycles. The molecule has 3 aromatic rings. The van der Waals surface area contributed by atoms with Crippen molar-refractivity contribution in [3.63, 3.8) is 0 Å². The first-order valence-corrected chi connectivity index (χ1v) is 6.80. The molecule has 9 heteroatoms. The van der Waals surface area contributed by atoms with Gasteiger partial charge in [0.05, 0.1) is 0 Å². The number of halogens is 2. The molecule has 0 fully saturated rings. The fourth-order valence-electron chi connectivity index (χ4n) is 2.10. The highest BCUT2D eigenvalue weighted by Crippen LogP contribution is 2.25. The van der Waals surface area contributed by atoms with Crippen LogP contribution in [0.3, 0.4) is 0 Å². The monoisotopic (exact) mass is 321 g/mol. The third-order valence-corrected chi connectivity index (χ3v) is 3.24. The van der Waals surface area contributed by atoms with Crippen molar-refractivity contribution in [3.8, 4) is 11.5 Å². The maximum absolute atomic E-state index is 12.8. The van der Waals surface area contributed by atoms with Crippen molar-refractivity contribution >= 4 is 11.5 Å². The fourth-order valence-corrected chi connectivity index (χ4v) is 2.10. The minimum atomic E-state index is -2.76. The van der Waals surface area contributed by atoms with Crippen LogP contribution in [-0.4, -0.2) is 36.6 Å². The number of aromatic hydroxyl groups is 2. The van der Waals surface area contributed by atoms with Crippen LogP contribution in [0.25, 0.3) is 5.65 Å². The van der Waals surface area contributed by atoms with Crippen LogP contribution in [0.2, 0.25) is 0 Å². The standard InChI is InChI=1S/C14H13F2N5O2/c15-13(16)14-19-18-12-4-3-11(20-21(12)14)17-6-5-8-1-2-9(22)10(23)7-8/h1-4,7,13,22-23H,5-6H2,(H,17,20). The maximum atomic E-state index is 12.8. The van der Waals surface area contributed by atoms with Crippen LogP contribution in [0.1, 0.15) is 17.8 Å². The predicted octanol–water partition coefficient (Wildman–Crippen LogP) is 2.13. The number of alkyl halides is 2. The topological polar surface area (TPSA) is 95.6 Å². The van der Waals surface area contributed by atoms with Gasteiger partial charge in [0.15, 0.2) is 17.1 Å². The van der Waals surface area contributed by atoms with E-state index in [1.54, 1.807) is 18.2 Å². The summed E-state index contributed by atoms with van der Waals surface area (Å²) in [5.74, 6) is -0.469. The molecule has 2 heterocycles. The number of aromatic nitrogens is 4. The highest BCUT2D eigenvalue weighted by molar-refractivity contribution is 5.44. The Labute approximate surface area is 129 Å². The third kappa shape index (κ3) is 3.12. The lowest BCUT2D eigenvalue weighted by Crippen LogP contribution is -2.09. The highest BCUT2D eigenvalue weighted by Gasteiger charge is 2.16. The van der Waals surface area contributed by atoms with Crippen LogP contribution >= 0.6 is 0 Å². The van der Waals surface area contributed by atoms with Crippen molar-refractivity contribution in [1.82, 2.24) is 19.8 Å². The molecule has 23 heavy (non-hydrogen) atoms. The molecule has 0 atom stereocenters. The van der Waals surface area contributed by atoms with E-state index in [1.165, 1.54) is 12.1 Å². The number of phenolic OH excluding ortho intramolecular Hbond substituents is 2. The van der Waals surface area contributed by atoms with E-state index < -0.39 is 12.2 Å². The summed E-state index contributed by atoms with van der Waals surface area (Å²) in [6.45, 7) is 0.467. The SMILES string of the molecule is Oc1ccc(CCNc2ccc3nnc(C(F)F)n3n2)cc1O. The summed E-state index contributed by atoms with van der Waals surface area (Å²) in [5.41, 5.74) is 1.06. The lowest BCUT2D eigenvalue weighted by atomic mass is 10.1. The zero-order valence-electron chi connectivity index (χ0n) is 11.8. The minimum Gasteiger partial charge on any atom is -0.504 e. The first-order chi connectivity index (χ1) is 11.0. The van der Waals surface area contributed by atoms with Gasteiger partial charge in [-0.05, 0) is 36.2 Å². The van der Waals surface area contributed by atoms with Crippen LogP contribution in [0, 0.1) is 0 Å². The first kappa shape index (κ1) is 14.9. The molecular weight excluding hydrogens is 308 g/mol. The number of phenols is 2. The summed E-state index contributed by atoms with van der Waals surface area (Å²) >= 11 is 0. The van der Waals surface area contributed by atoms with E-state index in [4.69, 9.17) is 0 Å². The van der Waals surface area contributed by atoms with Crippen molar-refractivity contribution < 1.29 is 19.0 Å². The van der Waals surface area contributed by atoms with Crippen LogP contribution in [0.15, 0.2) is 30.3 Å². The Kier molecular flexibility index (Phi) is 3.92. The second-order valence-corrected chi connectivity index (χ2v) is 4.85. The van der Waals surface area contributed by atoms with Gasteiger partial charge in [-0.15, -0.1) is 15.3 Å². The Morgan fingerprint density at radius 3 is 2.65 bits per heavy atom. The largest absolute Gasteiger partial charge is 0.504 e. The Balaban J connectivity index is 1.69. The van der Waals surface area contributed by atoms with Crippen LogP contribution in [-0.2, 0) is 6.42 Å². The number of fused-ring (bicyclic) bond motifs is 1. The molecule has 0 amide bonds. The minimum absolute atomic E-state index is 0.180. The van der Waals surface area contributed by atoms with E-state index in [1.807, 2.05) is 0 Å². The molecule has 3 rings (SSSR count). The zero-order chi connectivity index (χ0) is 16.4. The van der Waals surface area contributed by atoms with E-state index in [2.05, 4.69) is 20.6 Å². The van der Waals surface area contributed by atoms with Gasteiger partial charge >= 0.3 is 0 Å². The molecule has 0 unspecified atom stereocenters. The lowest BCUT2D eigenvalue weighted by Gasteiger charge is -2.07. The molecule has 1 aromatic carbocycles. The Hall–Kier alpha value is -2.97. The molecule has 3 N–H and O–H groups in total. The molecular formula is C14H13F2N5O2. The van der Waals surface area contributed by atoms with Gasteiger partial charge in [-0.2, -0.15) is 4.52 Å². The van der Waals surface area contributed by atoms with E-state index in [-0.39, 0.29) is 17.1 Å². The van der Waals surface area contributed by atoms with Crippen LogP contribution < -0.4 is 5.32 Å². The lowest BCUT2D eigenvalue weighted by molar-refractivity contribution is 0.137. The molecule has 0 saturated heterocycles. The van der Waals surface area contributed by atoms with Crippen molar-refractivity contribution in [2.75, 3.05) is 11.9 Å². The number of anilines is 1. The predicted molar refractivity (Wildman–Crippen MR) is 77.7 cm³/mol. The van der Waals surface area contributed by atoms with E-state index in [9.17, 15) is 19.0 Å². The van der Waals surface area contributed by atoms with Crippen molar-refractivity contribution in [2.24, 2.45) is 0 Å². The number of benzene rings is 1. The van der Waals surface area contributed by atoms with E-state index in [0.29, 0.717) is 18.8 Å². The number of hydrogen-bond donors (Lipinski definition) is 3. The molecule has 120 valence electrons. The van der Waals surface area contributed by atoms with Gasteiger partial charge in [0.1, 0.15) is 5.82 Å². The van der Waals surface area contributed by atoms with Crippen molar-refractivity contribution in [1.29, 1.82) is 0 Å². The molecule has 0 radical (unpaired) electrons. The van der Waals surface area contributed by atoms with Gasteiger partial charge in [-0.3, -0.25) is 0 Å². The van der Waals surface area contributed by atoms with Gasteiger partial charge in [-0.25, -0.2) is 8.78 Å². The van der Waals surface area contributed by atoms with Crippen LogP contribution in [0.5, 0.6) is 11.5 Å². The normalized spacial score (nSPS) is 11.3. The average Bonchev–Trinajstić information content (AvgIpc) is 2.94. The van der Waals surface area contributed by atoms with Gasteiger partial charge in [0, 0.05) is 6.54 Å². The van der Waals surface area contributed by atoms with Crippen molar-refractivity contribution in [3.05, 3.63) is 41.7 Å². The van der Waals surface area contributed by atoms with E-state index in [0.717, 1.165) is 10.1 Å². The maximum Gasteiger partial charge on any atom is 0.299 e. The number of nitrogens with one attached hydrogen (secondary N) is 1. The summed E-state index contributed by atoms with van der Waals surface area (Å²) in [5, 5.41) is 32.7. The summed E-state index contributed by atoms with van der Waals surface area (Å²) < 4.78 is 26.6. The van der Waals surface area contributed by atoms with E-state index >= 15 is 0 Å². The average molecular weight is 321 g/mol. The molecule has 0 bridgehead atoms. The summed E-state index contributed by atoms with van der Waals surface area (Å²) in [6, 6.07) is 7.71. The Morgan fingerprint density at radius 2 is 1.91 bits per heavy atom. The third-order valence-electron chi connectivity index (χ3n) is 3.24. The molecule has 0 spiro atoms. The van der Waals surface area contributed by atoms with Crippen LogP contribution in [0.4, 0.5) is 14.6 Å².